The van der Waals surface area contributed by atoms with Crippen LogP contribution in [0.15, 0.2) is 24.3 Å². The predicted molar refractivity (Wildman–Crippen MR) is 68.4 cm³/mol. The normalized spacial score (nSPS) is 18.6. The molecule has 0 saturated carbocycles. The summed E-state index contributed by atoms with van der Waals surface area (Å²) in [6.45, 7) is 1.11. The summed E-state index contributed by atoms with van der Waals surface area (Å²) in [7, 11) is 0. The van der Waals surface area contributed by atoms with Crippen LogP contribution >= 0.6 is 12.4 Å². The molecule has 1 fully saturated rings. The lowest BCUT2D eigenvalue weighted by atomic mass is 10.2. The summed E-state index contributed by atoms with van der Waals surface area (Å²) < 4.78 is 0. The summed E-state index contributed by atoms with van der Waals surface area (Å²) in [5, 5.41) is 10.5. The first-order valence-electron chi connectivity index (χ1n) is 5.35. The lowest BCUT2D eigenvalue weighted by Crippen LogP contribution is -2.33. The monoisotopic (exact) mass is 271 g/mol. The number of likely N-dealkylation sites (tertiary alicyclic amines) is 1. The van der Waals surface area contributed by atoms with Gasteiger partial charge in [-0.25, -0.2) is 0 Å². The van der Waals surface area contributed by atoms with Gasteiger partial charge in [0.1, 0.15) is 0 Å². The molecular formula is C11H14ClN3O3. The molecule has 1 amide bonds. The van der Waals surface area contributed by atoms with Crippen LogP contribution in [0.1, 0.15) is 12.0 Å². The summed E-state index contributed by atoms with van der Waals surface area (Å²) in [5.41, 5.74) is 6.53. The van der Waals surface area contributed by atoms with Crippen LogP contribution in [-0.4, -0.2) is 28.3 Å². The van der Waals surface area contributed by atoms with Crippen molar-refractivity contribution in [2.24, 2.45) is 5.73 Å². The molecule has 0 aliphatic carbocycles. The molecule has 0 spiro atoms. The zero-order valence-corrected chi connectivity index (χ0v) is 10.4. The van der Waals surface area contributed by atoms with Crippen molar-refractivity contribution in [3.63, 3.8) is 0 Å². The highest BCUT2D eigenvalue weighted by molar-refractivity contribution is 5.85. The molecule has 0 radical (unpaired) electrons. The Balaban J connectivity index is 0.00000162. The predicted octanol–water partition coefficient (Wildman–Crippen LogP) is 1.08. The molecule has 2 rings (SSSR count). The molecule has 6 nitrogen and oxygen atoms in total. The van der Waals surface area contributed by atoms with Crippen LogP contribution in [0.25, 0.3) is 0 Å². The summed E-state index contributed by atoms with van der Waals surface area (Å²) in [6, 6.07) is 5.81. The van der Waals surface area contributed by atoms with Crippen LogP contribution in [0.4, 0.5) is 5.69 Å². The minimum Gasteiger partial charge on any atom is -0.337 e. The van der Waals surface area contributed by atoms with E-state index >= 15 is 0 Å². The van der Waals surface area contributed by atoms with Gasteiger partial charge in [-0.1, -0.05) is 12.1 Å². The van der Waals surface area contributed by atoms with Crippen LogP contribution in [0.5, 0.6) is 0 Å². The Morgan fingerprint density at radius 1 is 1.39 bits per heavy atom. The third kappa shape index (κ3) is 2.96. The lowest BCUT2D eigenvalue weighted by molar-refractivity contribution is -0.384. The van der Waals surface area contributed by atoms with Crippen molar-refractivity contribution < 1.29 is 9.72 Å². The molecule has 1 aliphatic heterocycles. The van der Waals surface area contributed by atoms with Crippen molar-refractivity contribution >= 4 is 24.0 Å². The molecule has 1 saturated heterocycles. The largest absolute Gasteiger partial charge is 0.337 e. The van der Waals surface area contributed by atoms with Gasteiger partial charge in [-0.15, -0.1) is 12.4 Å². The first-order chi connectivity index (χ1) is 8.08. The maximum atomic E-state index is 11.6. The second-order valence-electron chi connectivity index (χ2n) is 4.08. The SMILES string of the molecule is Cl.NC1CCN(Cc2ccc([N+](=O)[O-])cc2)C1=O. The van der Waals surface area contributed by atoms with Crippen molar-refractivity contribution in [3.8, 4) is 0 Å². The molecule has 1 aromatic rings. The van der Waals surface area contributed by atoms with Gasteiger partial charge in [0.15, 0.2) is 0 Å². The molecule has 98 valence electrons. The van der Waals surface area contributed by atoms with Crippen molar-refractivity contribution in [2.75, 3.05) is 6.54 Å². The van der Waals surface area contributed by atoms with Crippen LogP contribution in [0.2, 0.25) is 0 Å². The van der Waals surface area contributed by atoms with Gasteiger partial charge in [-0.3, -0.25) is 14.9 Å². The van der Waals surface area contributed by atoms with Crippen LogP contribution in [0, 0.1) is 10.1 Å². The Labute approximate surface area is 110 Å². The molecule has 18 heavy (non-hydrogen) atoms. The number of rotatable bonds is 3. The van der Waals surface area contributed by atoms with Gasteiger partial charge >= 0.3 is 0 Å². The fourth-order valence-corrected chi connectivity index (χ4v) is 1.86. The zero-order chi connectivity index (χ0) is 12.4. The van der Waals surface area contributed by atoms with E-state index in [1.165, 1.54) is 12.1 Å². The number of non-ortho nitro benzene ring substituents is 1. The van der Waals surface area contributed by atoms with E-state index in [0.29, 0.717) is 19.5 Å². The number of carbonyl (C=O) groups excluding carboxylic acids is 1. The van der Waals surface area contributed by atoms with E-state index < -0.39 is 11.0 Å². The van der Waals surface area contributed by atoms with Gasteiger partial charge in [0.05, 0.1) is 11.0 Å². The summed E-state index contributed by atoms with van der Waals surface area (Å²) in [5.74, 6) is -0.0525. The van der Waals surface area contributed by atoms with E-state index in [2.05, 4.69) is 0 Å². The lowest BCUT2D eigenvalue weighted by Gasteiger charge is -2.15. The van der Waals surface area contributed by atoms with Crippen molar-refractivity contribution in [2.45, 2.75) is 19.0 Å². The van der Waals surface area contributed by atoms with E-state index in [9.17, 15) is 14.9 Å². The summed E-state index contributed by atoms with van der Waals surface area (Å²) >= 11 is 0. The fraction of sp³-hybridized carbons (Fsp3) is 0.364. The molecule has 2 N–H and O–H groups in total. The smallest absolute Gasteiger partial charge is 0.269 e. The first kappa shape index (κ1) is 14.4. The number of nitrogens with two attached hydrogens (primary N) is 1. The average Bonchev–Trinajstić information content (AvgIpc) is 2.62. The van der Waals surface area contributed by atoms with E-state index in [1.54, 1.807) is 17.0 Å². The van der Waals surface area contributed by atoms with Crippen molar-refractivity contribution in [1.82, 2.24) is 4.90 Å². The fourth-order valence-electron chi connectivity index (χ4n) is 1.86. The van der Waals surface area contributed by atoms with E-state index in [-0.39, 0.29) is 24.0 Å². The maximum absolute atomic E-state index is 11.6. The quantitative estimate of drug-likeness (QED) is 0.658. The molecule has 0 aromatic heterocycles. The highest BCUT2D eigenvalue weighted by atomic mass is 35.5. The molecule has 1 unspecified atom stereocenters. The maximum Gasteiger partial charge on any atom is 0.269 e. The Hall–Kier alpha value is -1.66. The topological polar surface area (TPSA) is 89.5 Å². The number of nitro benzene ring substituents is 1. The molecule has 1 aliphatic rings. The van der Waals surface area contributed by atoms with Crippen molar-refractivity contribution in [1.29, 1.82) is 0 Å². The van der Waals surface area contributed by atoms with Gasteiger partial charge in [0.2, 0.25) is 5.91 Å². The van der Waals surface area contributed by atoms with Crippen LogP contribution in [-0.2, 0) is 11.3 Å². The van der Waals surface area contributed by atoms with Crippen LogP contribution < -0.4 is 5.73 Å². The number of halogens is 1. The molecule has 1 heterocycles. The number of amides is 1. The number of nitrogens with zero attached hydrogens (tertiary/aromatic N) is 2. The Morgan fingerprint density at radius 3 is 2.44 bits per heavy atom. The zero-order valence-electron chi connectivity index (χ0n) is 9.61. The average molecular weight is 272 g/mol. The number of carbonyl (C=O) groups is 1. The van der Waals surface area contributed by atoms with Gasteiger partial charge in [-0.2, -0.15) is 0 Å². The number of nitro groups is 1. The second-order valence-corrected chi connectivity index (χ2v) is 4.08. The standard InChI is InChI=1S/C11H13N3O3.ClH/c12-10-5-6-13(11(10)15)7-8-1-3-9(4-2-8)14(16)17;/h1-4,10H,5-7,12H2;1H. The highest BCUT2D eigenvalue weighted by Gasteiger charge is 2.28. The van der Waals surface area contributed by atoms with E-state index in [4.69, 9.17) is 5.73 Å². The highest BCUT2D eigenvalue weighted by Crippen LogP contribution is 2.16. The Kier molecular flexibility index (Phi) is 4.63. The minimum atomic E-state index is -0.444. The van der Waals surface area contributed by atoms with Gasteiger partial charge in [0.25, 0.3) is 5.69 Å². The van der Waals surface area contributed by atoms with Crippen LogP contribution in [0.3, 0.4) is 0 Å². The molecule has 7 heteroatoms. The molecular weight excluding hydrogens is 258 g/mol. The summed E-state index contributed by atoms with van der Waals surface area (Å²) in [6.07, 6.45) is 0.672. The van der Waals surface area contributed by atoms with Gasteiger partial charge in [0, 0.05) is 25.2 Å². The second kappa shape index (κ2) is 5.79. The Bertz CT molecular complexity index is 449. The third-order valence-electron chi connectivity index (χ3n) is 2.86. The molecule has 1 atom stereocenters. The number of hydrogen-bond acceptors (Lipinski definition) is 4. The third-order valence-corrected chi connectivity index (χ3v) is 2.86. The van der Waals surface area contributed by atoms with E-state index in [1.807, 2.05) is 0 Å². The first-order valence-corrected chi connectivity index (χ1v) is 5.35. The minimum absolute atomic E-state index is 0. The Morgan fingerprint density at radius 2 is 2.00 bits per heavy atom. The molecule has 0 bridgehead atoms. The summed E-state index contributed by atoms with van der Waals surface area (Å²) in [4.78, 5) is 23.3. The number of benzene rings is 1. The van der Waals surface area contributed by atoms with E-state index in [0.717, 1.165) is 5.56 Å². The molecule has 1 aromatic carbocycles. The number of hydrogen-bond donors (Lipinski definition) is 1. The van der Waals surface area contributed by atoms with Gasteiger partial charge in [-0.05, 0) is 12.0 Å². The van der Waals surface area contributed by atoms with Gasteiger partial charge < -0.3 is 10.6 Å². The van der Waals surface area contributed by atoms with Crippen molar-refractivity contribution in [3.05, 3.63) is 39.9 Å².